The van der Waals surface area contributed by atoms with Crippen LogP contribution < -0.4 is 20.7 Å². The van der Waals surface area contributed by atoms with Crippen LogP contribution in [-0.4, -0.2) is 49.4 Å². The molecule has 1 aromatic carbocycles. The van der Waals surface area contributed by atoms with E-state index in [9.17, 15) is 9.59 Å². The van der Waals surface area contributed by atoms with Gasteiger partial charge in [0.15, 0.2) is 12.7 Å². The highest BCUT2D eigenvalue weighted by atomic mass is 35.5. The van der Waals surface area contributed by atoms with E-state index in [4.69, 9.17) is 32.7 Å². The van der Waals surface area contributed by atoms with Crippen LogP contribution in [0, 0.1) is 17.8 Å². The summed E-state index contributed by atoms with van der Waals surface area (Å²) < 4.78 is 11.4. The molecule has 7 nitrogen and oxygen atoms in total. The monoisotopic (exact) mass is 467 g/mol. The van der Waals surface area contributed by atoms with E-state index < -0.39 is 6.10 Å². The van der Waals surface area contributed by atoms with Gasteiger partial charge in [0.1, 0.15) is 12.0 Å². The van der Waals surface area contributed by atoms with Crippen molar-refractivity contribution >= 4 is 35.0 Å². The van der Waals surface area contributed by atoms with E-state index in [1.807, 2.05) is 0 Å². The summed E-state index contributed by atoms with van der Waals surface area (Å²) in [6.07, 6.45) is 4.75. The fourth-order valence-electron chi connectivity index (χ4n) is 4.95. The largest absolute Gasteiger partial charge is 0.484 e. The molecule has 3 N–H and O–H groups in total. The Hall–Kier alpha value is -1.54. The van der Waals surface area contributed by atoms with Crippen molar-refractivity contribution in [3.05, 3.63) is 28.2 Å². The molecule has 9 heteroatoms. The second kappa shape index (κ2) is 8.77. The minimum Gasteiger partial charge on any atom is -0.484 e. The topological polar surface area (TPSA) is 88.7 Å². The maximum Gasteiger partial charge on any atom is 0.258 e. The summed E-state index contributed by atoms with van der Waals surface area (Å²) in [5, 5.41) is 10.4. The Morgan fingerprint density at radius 1 is 1.03 bits per heavy atom. The lowest BCUT2D eigenvalue weighted by molar-refractivity contribution is -0.134. The van der Waals surface area contributed by atoms with E-state index >= 15 is 0 Å². The number of nitrogens with one attached hydrogen (secondary N) is 3. The maximum atomic E-state index is 12.7. The zero-order valence-corrected chi connectivity index (χ0v) is 18.6. The van der Waals surface area contributed by atoms with Gasteiger partial charge in [0, 0.05) is 24.7 Å². The first-order valence-electron chi connectivity index (χ1n) is 11.0. The van der Waals surface area contributed by atoms with Gasteiger partial charge < -0.3 is 20.1 Å². The molecule has 168 valence electrons. The fourth-order valence-corrected chi connectivity index (χ4v) is 5.23. The van der Waals surface area contributed by atoms with Gasteiger partial charge in [-0.25, -0.2) is 0 Å². The quantitative estimate of drug-likeness (QED) is 0.573. The Kier molecular flexibility index (Phi) is 6.03. The standard InChI is InChI=1S/C22H27Cl2N3O4/c23-15-4-3-14(7-16(15)24)30-10-20(28)26-17-8-18(13-5-12(17)6-13)27-21(29)19-9-25-22(31-19)11-1-2-11/h3-4,7,11-13,17-19,22,25H,1-2,5-6,8-10H2,(H,26,28)(H,27,29). The van der Waals surface area contributed by atoms with E-state index in [0.717, 1.165) is 19.3 Å². The molecule has 2 amide bonds. The first-order valence-corrected chi connectivity index (χ1v) is 11.8. The number of benzene rings is 1. The number of ether oxygens (including phenoxy) is 2. The fraction of sp³-hybridized carbons (Fsp3) is 0.636. The molecular formula is C22H27Cl2N3O4. The molecule has 5 aliphatic rings. The molecule has 2 bridgehead atoms. The minimum absolute atomic E-state index is 0.0257. The first kappa shape index (κ1) is 21.3. The molecular weight excluding hydrogens is 441 g/mol. The third kappa shape index (κ3) is 4.80. The predicted octanol–water partition coefficient (Wildman–Crippen LogP) is 2.50. The van der Waals surface area contributed by atoms with Gasteiger partial charge in [-0.05, 0) is 62.0 Å². The highest BCUT2D eigenvalue weighted by Gasteiger charge is 2.48. The van der Waals surface area contributed by atoms with Gasteiger partial charge in [-0.15, -0.1) is 0 Å². The molecule has 0 radical (unpaired) electrons. The summed E-state index contributed by atoms with van der Waals surface area (Å²) in [4.78, 5) is 25.1. The number of hydrogen-bond donors (Lipinski definition) is 3. The Morgan fingerprint density at radius 2 is 1.77 bits per heavy atom. The average molecular weight is 468 g/mol. The lowest BCUT2D eigenvalue weighted by atomic mass is 9.60. The highest BCUT2D eigenvalue weighted by Crippen LogP contribution is 2.46. The van der Waals surface area contributed by atoms with Gasteiger partial charge in [0.2, 0.25) is 0 Å². The van der Waals surface area contributed by atoms with Crippen LogP contribution in [0.3, 0.4) is 0 Å². The van der Waals surface area contributed by atoms with Crippen molar-refractivity contribution < 1.29 is 19.1 Å². The number of fused-ring (bicyclic) bond motifs is 2. The number of amides is 2. The molecule has 1 aromatic rings. The van der Waals surface area contributed by atoms with Crippen molar-refractivity contribution in [2.45, 2.75) is 56.5 Å². The van der Waals surface area contributed by atoms with Crippen LogP contribution in [-0.2, 0) is 14.3 Å². The molecule has 4 saturated carbocycles. The molecule has 31 heavy (non-hydrogen) atoms. The molecule has 4 aliphatic carbocycles. The second-order valence-corrected chi connectivity index (χ2v) is 9.99. The average Bonchev–Trinajstić information content (AvgIpc) is 3.44. The molecule has 1 aliphatic heterocycles. The maximum absolute atomic E-state index is 12.7. The molecule has 5 fully saturated rings. The Labute approximate surface area is 191 Å². The van der Waals surface area contributed by atoms with Crippen LogP contribution in [0.2, 0.25) is 10.0 Å². The van der Waals surface area contributed by atoms with Crippen LogP contribution in [0.15, 0.2) is 18.2 Å². The molecule has 1 saturated heterocycles. The van der Waals surface area contributed by atoms with E-state index in [1.54, 1.807) is 18.2 Å². The van der Waals surface area contributed by atoms with Crippen LogP contribution in [0.5, 0.6) is 5.75 Å². The molecule has 0 aromatic heterocycles. The van der Waals surface area contributed by atoms with E-state index in [0.29, 0.717) is 40.1 Å². The summed E-state index contributed by atoms with van der Waals surface area (Å²) in [7, 11) is 0. The number of carbonyl (C=O) groups excluding carboxylic acids is 2. The predicted molar refractivity (Wildman–Crippen MR) is 116 cm³/mol. The highest BCUT2D eigenvalue weighted by molar-refractivity contribution is 6.42. The van der Waals surface area contributed by atoms with E-state index in [2.05, 4.69) is 16.0 Å². The van der Waals surface area contributed by atoms with Crippen molar-refractivity contribution in [2.24, 2.45) is 17.8 Å². The van der Waals surface area contributed by atoms with E-state index in [-0.39, 0.29) is 36.7 Å². The van der Waals surface area contributed by atoms with Gasteiger partial charge in [-0.3, -0.25) is 14.9 Å². The van der Waals surface area contributed by atoms with Crippen LogP contribution >= 0.6 is 23.2 Å². The smallest absolute Gasteiger partial charge is 0.258 e. The number of hydrogen-bond acceptors (Lipinski definition) is 5. The zero-order valence-electron chi connectivity index (χ0n) is 17.1. The van der Waals surface area contributed by atoms with Crippen molar-refractivity contribution in [1.29, 1.82) is 0 Å². The van der Waals surface area contributed by atoms with Gasteiger partial charge in [-0.2, -0.15) is 0 Å². The van der Waals surface area contributed by atoms with Crippen molar-refractivity contribution in [1.82, 2.24) is 16.0 Å². The molecule has 0 spiro atoms. The second-order valence-electron chi connectivity index (χ2n) is 9.17. The lowest BCUT2D eigenvalue weighted by Gasteiger charge is -2.51. The normalized spacial score (nSPS) is 34.0. The summed E-state index contributed by atoms with van der Waals surface area (Å²) in [6, 6.07) is 5.02. The van der Waals surface area contributed by atoms with Gasteiger partial charge in [0.25, 0.3) is 11.8 Å². The Balaban J connectivity index is 1.09. The molecule has 4 unspecified atom stereocenters. The minimum atomic E-state index is -0.420. The summed E-state index contributed by atoms with van der Waals surface area (Å²) >= 11 is 11.9. The Bertz CT molecular complexity index is 859. The zero-order chi connectivity index (χ0) is 21.5. The lowest BCUT2D eigenvalue weighted by Crippen LogP contribution is -2.61. The van der Waals surface area contributed by atoms with Gasteiger partial charge in [-0.1, -0.05) is 23.2 Å². The van der Waals surface area contributed by atoms with Crippen molar-refractivity contribution in [3.63, 3.8) is 0 Å². The van der Waals surface area contributed by atoms with Crippen LogP contribution in [0.1, 0.15) is 32.1 Å². The molecule has 4 atom stereocenters. The molecule has 1 heterocycles. The van der Waals surface area contributed by atoms with E-state index in [1.165, 1.54) is 12.8 Å². The van der Waals surface area contributed by atoms with Crippen LogP contribution in [0.25, 0.3) is 0 Å². The summed E-state index contributed by atoms with van der Waals surface area (Å²) in [5.41, 5.74) is 0. The first-order chi connectivity index (χ1) is 15.0. The summed E-state index contributed by atoms with van der Waals surface area (Å²) in [5.74, 6) is 1.79. The van der Waals surface area contributed by atoms with Crippen molar-refractivity contribution in [2.75, 3.05) is 13.2 Å². The number of rotatable bonds is 7. The van der Waals surface area contributed by atoms with Crippen LogP contribution in [0.4, 0.5) is 0 Å². The molecule has 6 rings (SSSR count). The summed E-state index contributed by atoms with van der Waals surface area (Å²) in [6.45, 7) is 0.477. The third-order valence-corrected chi connectivity index (χ3v) is 7.69. The van der Waals surface area contributed by atoms with Gasteiger partial charge in [0.05, 0.1) is 10.0 Å². The Morgan fingerprint density at radius 3 is 2.48 bits per heavy atom. The SMILES string of the molecule is O=C(COc1ccc(Cl)c(Cl)c1)NC1CC(NC(=O)C2CNC(C3CC3)O2)C2CC1C2. The third-order valence-electron chi connectivity index (χ3n) is 6.95. The van der Waals surface area contributed by atoms with Gasteiger partial charge >= 0.3 is 0 Å². The van der Waals surface area contributed by atoms with Crippen molar-refractivity contribution in [3.8, 4) is 5.75 Å². The number of halogens is 2. The number of carbonyl (C=O) groups is 2.